The maximum atomic E-state index is 12.2. The molecule has 0 aliphatic carbocycles. The lowest BCUT2D eigenvalue weighted by atomic mass is 10.2. The molecule has 2 amide bonds. The number of nitrogens with zero attached hydrogens (tertiary/aromatic N) is 2. The SMILES string of the molecule is CC(=O)N(CCC(=O)Nc1cccc(Cl)c1Cl)c1cccc(C#N)c1. The largest absolute Gasteiger partial charge is 0.325 e. The van der Waals surface area contributed by atoms with Crippen molar-refractivity contribution in [3.63, 3.8) is 0 Å². The van der Waals surface area contributed by atoms with Gasteiger partial charge in [-0.25, -0.2) is 0 Å². The van der Waals surface area contributed by atoms with E-state index in [9.17, 15) is 9.59 Å². The van der Waals surface area contributed by atoms with Crippen LogP contribution in [0.5, 0.6) is 0 Å². The van der Waals surface area contributed by atoms with Crippen LogP contribution in [0.25, 0.3) is 0 Å². The molecule has 128 valence electrons. The molecule has 0 saturated carbocycles. The van der Waals surface area contributed by atoms with Crippen molar-refractivity contribution in [3.05, 3.63) is 58.1 Å². The Bertz CT molecular complexity index is 846. The molecule has 0 aliphatic rings. The van der Waals surface area contributed by atoms with Crippen LogP contribution in [0.15, 0.2) is 42.5 Å². The molecule has 1 N–H and O–H groups in total. The fourth-order valence-corrected chi connectivity index (χ4v) is 2.59. The molecular formula is C18H15Cl2N3O2. The van der Waals surface area contributed by atoms with E-state index in [0.717, 1.165) is 0 Å². The van der Waals surface area contributed by atoms with Gasteiger partial charge in [0.05, 0.1) is 27.4 Å². The highest BCUT2D eigenvalue weighted by atomic mass is 35.5. The summed E-state index contributed by atoms with van der Waals surface area (Å²) in [7, 11) is 0. The third-order valence-corrected chi connectivity index (χ3v) is 4.27. The van der Waals surface area contributed by atoms with E-state index in [0.29, 0.717) is 22.0 Å². The van der Waals surface area contributed by atoms with Crippen molar-refractivity contribution in [2.24, 2.45) is 0 Å². The van der Waals surface area contributed by atoms with Crippen molar-refractivity contribution in [1.29, 1.82) is 5.26 Å². The van der Waals surface area contributed by atoms with Crippen LogP contribution in [0, 0.1) is 11.3 Å². The van der Waals surface area contributed by atoms with Crippen LogP contribution < -0.4 is 10.2 Å². The average molecular weight is 376 g/mol. The first kappa shape index (κ1) is 18.8. The molecule has 0 atom stereocenters. The van der Waals surface area contributed by atoms with Crippen molar-refractivity contribution in [2.75, 3.05) is 16.8 Å². The lowest BCUT2D eigenvalue weighted by Gasteiger charge is -2.21. The van der Waals surface area contributed by atoms with Crippen molar-refractivity contribution in [1.82, 2.24) is 0 Å². The number of carbonyl (C=O) groups excluding carboxylic acids is 2. The molecular weight excluding hydrogens is 361 g/mol. The van der Waals surface area contributed by atoms with Gasteiger partial charge in [-0.3, -0.25) is 9.59 Å². The van der Waals surface area contributed by atoms with E-state index in [1.165, 1.54) is 11.8 Å². The van der Waals surface area contributed by atoms with Gasteiger partial charge in [-0.05, 0) is 30.3 Å². The van der Waals surface area contributed by atoms with E-state index >= 15 is 0 Å². The first-order chi connectivity index (χ1) is 11.9. The number of carbonyl (C=O) groups is 2. The molecule has 0 spiro atoms. The van der Waals surface area contributed by atoms with Crippen LogP contribution in [0.3, 0.4) is 0 Å². The number of hydrogen-bond acceptors (Lipinski definition) is 3. The van der Waals surface area contributed by atoms with Crippen molar-refractivity contribution in [2.45, 2.75) is 13.3 Å². The first-order valence-electron chi connectivity index (χ1n) is 7.44. The Morgan fingerprint density at radius 1 is 1.20 bits per heavy atom. The fourth-order valence-electron chi connectivity index (χ4n) is 2.24. The number of anilines is 2. The average Bonchev–Trinajstić information content (AvgIpc) is 2.59. The molecule has 25 heavy (non-hydrogen) atoms. The zero-order valence-electron chi connectivity index (χ0n) is 13.4. The van der Waals surface area contributed by atoms with Crippen LogP contribution in [0.1, 0.15) is 18.9 Å². The molecule has 0 fully saturated rings. The molecule has 0 aliphatic heterocycles. The van der Waals surface area contributed by atoms with Crippen LogP contribution in [0.4, 0.5) is 11.4 Å². The third-order valence-electron chi connectivity index (χ3n) is 3.46. The number of amides is 2. The number of halogens is 2. The van der Waals surface area contributed by atoms with Gasteiger partial charge in [-0.15, -0.1) is 0 Å². The fraction of sp³-hybridized carbons (Fsp3) is 0.167. The van der Waals surface area contributed by atoms with E-state index in [1.54, 1.807) is 42.5 Å². The van der Waals surface area contributed by atoms with Crippen molar-refractivity contribution >= 4 is 46.4 Å². The van der Waals surface area contributed by atoms with Crippen LogP contribution in [-0.2, 0) is 9.59 Å². The molecule has 0 unspecified atom stereocenters. The number of rotatable bonds is 5. The zero-order valence-corrected chi connectivity index (χ0v) is 14.9. The van der Waals surface area contributed by atoms with Gasteiger partial charge in [0.25, 0.3) is 0 Å². The quantitative estimate of drug-likeness (QED) is 0.848. The maximum absolute atomic E-state index is 12.2. The Hall–Kier alpha value is -2.55. The summed E-state index contributed by atoms with van der Waals surface area (Å²) in [6.07, 6.45) is 0.0687. The summed E-state index contributed by atoms with van der Waals surface area (Å²) < 4.78 is 0. The van der Waals surface area contributed by atoms with Gasteiger partial charge in [0.2, 0.25) is 11.8 Å². The highest BCUT2D eigenvalue weighted by Crippen LogP contribution is 2.29. The van der Waals surface area contributed by atoms with Crippen molar-refractivity contribution < 1.29 is 9.59 Å². The summed E-state index contributed by atoms with van der Waals surface area (Å²) in [5.41, 5.74) is 1.43. The van der Waals surface area contributed by atoms with E-state index in [1.807, 2.05) is 6.07 Å². The van der Waals surface area contributed by atoms with Gasteiger partial charge in [0.1, 0.15) is 0 Å². The van der Waals surface area contributed by atoms with Crippen LogP contribution in [-0.4, -0.2) is 18.4 Å². The summed E-state index contributed by atoms with van der Waals surface area (Å²) in [6.45, 7) is 1.58. The molecule has 0 radical (unpaired) electrons. The molecule has 0 saturated heterocycles. The third kappa shape index (κ3) is 4.96. The lowest BCUT2D eigenvalue weighted by molar-refractivity contribution is -0.117. The topological polar surface area (TPSA) is 73.2 Å². The minimum atomic E-state index is -0.299. The highest BCUT2D eigenvalue weighted by Gasteiger charge is 2.15. The second-order valence-electron chi connectivity index (χ2n) is 5.23. The summed E-state index contributed by atoms with van der Waals surface area (Å²) in [6, 6.07) is 13.6. The smallest absolute Gasteiger partial charge is 0.226 e. The maximum Gasteiger partial charge on any atom is 0.226 e. The minimum absolute atomic E-state index is 0.0687. The van der Waals surface area contributed by atoms with Crippen LogP contribution >= 0.6 is 23.2 Å². The van der Waals surface area contributed by atoms with E-state index < -0.39 is 0 Å². The predicted molar refractivity (Wildman–Crippen MR) is 98.9 cm³/mol. The highest BCUT2D eigenvalue weighted by molar-refractivity contribution is 6.43. The summed E-state index contributed by atoms with van der Waals surface area (Å²) >= 11 is 12.0. The minimum Gasteiger partial charge on any atom is -0.325 e. The molecule has 0 heterocycles. The van der Waals surface area contributed by atoms with Gasteiger partial charge in [0.15, 0.2) is 0 Å². The molecule has 2 aromatic rings. The standard InChI is InChI=1S/C18H15Cl2N3O2/c1-12(24)23(14-5-2-4-13(10-14)11-21)9-8-17(25)22-16-7-3-6-15(19)18(16)20/h2-7,10H,8-9H2,1H3,(H,22,25). The van der Waals surface area contributed by atoms with Gasteiger partial charge in [-0.1, -0.05) is 35.3 Å². The van der Waals surface area contributed by atoms with Crippen molar-refractivity contribution in [3.8, 4) is 6.07 Å². The van der Waals surface area contributed by atoms with Gasteiger partial charge >= 0.3 is 0 Å². The zero-order chi connectivity index (χ0) is 18.4. The number of benzene rings is 2. The first-order valence-corrected chi connectivity index (χ1v) is 8.20. The Kier molecular flexibility index (Phi) is 6.40. The van der Waals surface area contributed by atoms with E-state index in [2.05, 4.69) is 5.32 Å². The van der Waals surface area contributed by atoms with E-state index in [-0.39, 0.29) is 29.8 Å². The summed E-state index contributed by atoms with van der Waals surface area (Å²) in [5, 5.41) is 12.3. The lowest BCUT2D eigenvalue weighted by Crippen LogP contribution is -2.32. The number of nitriles is 1. The molecule has 0 bridgehead atoms. The van der Waals surface area contributed by atoms with Gasteiger partial charge in [0, 0.05) is 25.6 Å². The molecule has 2 rings (SSSR count). The Morgan fingerprint density at radius 3 is 2.60 bits per heavy atom. The Labute approximate surface area is 155 Å². The normalized spacial score (nSPS) is 10.0. The second kappa shape index (κ2) is 8.52. The molecule has 0 aromatic heterocycles. The van der Waals surface area contributed by atoms with E-state index in [4.69, 9.17) is 28.5 Å². The van der Waals surface area contributed by atoms with Gasteiger partial charge in [-0.2, -0.15) is 5.26 Å². The Balaban J connectivity index is 2.06. The summed E-state index contributed by atoms with van der Waals surface area (Å²) in [5.74, 6) is -0.518. The number of nitrogens with one attached hydrogen (secondary N) is 1. The van der Waals surface area contributed by atoms with Gasteiger partial charge < -0.3 is 10.2 Å². The second-order valence-corrected chi connectivity index (χ2v) is 6.02. The molecule has 7 heteroatoms. The predicted octanol–water partition coefficient (Wildman–Crippen LogP) is 4.25. The summed E-state index contributed by atoms with van der Waals surface area (Å²) in [4.78, 5) is 25.5. The number of hydrogen-bond donors (Lipinski definition) is 1. The molecule has 2 aromatic carbocycles. The Morgan fingerprint density at radius 2 is 1.92 bits per heavy atom. The monoisotopic (exact) mass is 375 g/mol. The molecule has 5 nitrogen and oxygen atoms in total. The van der Waals surface area contributed by atoms with Crippen LogP contribution in [0.2, 0.25) is 10.0 Å².